The lowest BCUT2D eigenvalue weighted by atomic mass is 9.99. The van der Waals surface area contributed by atoms with Crippen LogP contribution < -0.4 is 5.73 Å². The van der Waals surface area contributed by atoms with Gasteiger partial charge in [0, 0.05) is 15.7 Å². The van der Waals surface area contributed by atoms with Crippen molar-refractivity contribution in [2.75, 3.05) is 5.73 Å². The van der Waals surface area contributed by atoms with Crippen LogP contribution in [-0.2, 0) is 0 Å². The number of rotatable bonds is 5. The molecule has 0 spiro atoms. The lowest BCUT2D eigenvalue weighted by Crippen LogP contribution is -2.03. The van der Waals surface area contributed by atoms with E-state index in [2.05, 4.69) is 29.8 Å². The molecule has 0 aliphatic carbocycles. The van der Waals surface area contributed by atoms with Crippen molar-refractivity contribution in [3.8, 4) is 0 Å². The van der Waals surface area contributed by atoms with E-state index in [1.165, 1.54) is 0 Å². The Labute approximate surface area is 106 Å². The zero-order valence-electron chi connectivity index (χ0n) is 9.91. The maximum atomic E-state index is 10.0. The second-order valence-corrected chi connectivity index (χ2v) is 5.53. The van der Waals surface area contributed by atoms with E-state index in [4.69, 9.17) is 5.73 Å². The van der Waals surface area contributed by atoms with Crippen molar-refractivity contribution >= 4 is 21.6 Å². The molecule has 2 nitrogen and oxygen atoms in total. The Hall–Kier alpha value is -0.540. The van der Waals surface area contributed by atoms with E-state index in [0.29, 0.717) is 11.6 Å². The first-order chi connectivity index (χ1) is 7.50. The lowest BCUT2D eigenvalue weighted by Gasteiger charge is -2.14. The predicted molar refractivity (Wildman–Crippen MR) is 72.2 cm³/mol. The highest BCUT2D eigenvalue weighted by atomic mass is 79.9. The van der Waals surface area contributed by atoms with E-state index in [1.54, 1.807) is 0 Å². The van der Waals surface area contributed by atoms with Crippen molar-refractivity contribution in [1.82, 2.24) is 0 Å². The number of aliphatic hydroxyl groups is 1. The molecule has 0 radical (unpaired) electrons. The van der Waals surface area contributed by atoms with Crippen molar-refractivity contribution in [2.24, 2.45) is 5.92 Å². The highest BCUT2D eigenvalue weighted by molar-refractivity contribution is 9.10. The van der Waals surface area contributed by atoms with Gasteiger partial charge >= 0.3 is 0 Å². The standard InChI is InChI=1S/C13H20BrNO/c1-9(2)4-3-5-13(16)11-8-10(14)6-7-12(11)15/h6-9,13,16H,3-5,15H2,1-2H3. The summed E-state index contributed by atoms with van der Waals surface area (Å²) in [6, 6.07) is 5.61. The molecular weight excluding hydrogens is 266 g/mol. The van der Waals surface area contributed by atoms with Crippen molar-refractivity contribution < 1.29 is 5.11 Å². The van der Waals surface area contributed by atoms with E-state index in [0.717, 1.165) is 29.3 Å². The molecule has 0 heterocycles. The second-order valence-electron chi connectivity index (χ2n) is 4.61. The number of halogens is 1. The molecule has 0 saturated heterocycles. The predicted octanol–water partition coefficient (Wildman–Crippen LogP) is 3.89. The van der Waals surface area contributed by atoms with E-state index in [9.17, 15) is 5.11 Å². The first kappa shape index (κ1) is 13.5. The summed E-state index contributed by atoms with van der Waals surface area (Å²) in [6.07, 6.45) is 2.51. The van der Waals surface area contributed by atoms with E-state index in [-0.39, 0.29) is 0 Å². The van der Waals surface area contributed by atoms with Crippen molar-refractivity contribution in [3.63, 3.8) is 0 Å². The van der Waals surface area contributed by atoms with Gasteiger partial charge in [-0.1, -0.05) is 42.6 Å². The van der Waals surface area contributed by atoms with Gasteiger partial charge in [0.1, 0.15) is 0 Å². The highest BCUT2D eigenvalue weighted by Gasteiger charge is 2.11. The molecule has 0 amide bonds. The maximum Gasteiger partial charge on any atom is 0.0810 e. The van der Waals surface area contributed by atoms with Crippen LogP contribution >= 0.6 is 15.9 Å². The Kier molecular flexibility index (Phi) is 5.29. The van der Waals surface area contributed by atoms with Gasteiger partial charge in [-0.05, 0) is 30.5 Å². The average molecular weight is 286 g/mol. The molecule has 1 atom stereocenters. The summed E-state index contributed by atoms with van der Waals surface area (Å²) >= 11 is 3.39. The van der Waals surface area contributed by atoms with Crippen LogP contribution in [0.2, 0.25) is 0 Å². The average Bonchev–Trinajstić information content (AvgIpc) is 2.21. The number of nitrogens with two attached hydrogens (primary N) is 1. The molecule has 0 fully saturated rings. The number of aliphatic hydroxyl groups excluding tert-OH is 1. The van der Waals surface area contributed by atoms with Crippen LogP contribution in [0.15, 0.2) is 22.7 Å². The Morgan fingerprint density at radius 2 is 2.00 bits per heavy atom. The van der Waals surface area contributed by atoms with Gasteiger partial charge in [0.05, 0.1) is 6.10 Å². The Bertz CT molecular complexity index is 339. The van der Waals surface area contributed by atoms with Gasteiger partial charge in [0.2, 0.25) is 0 Å². The summed E-state index contributed by atoms with van der Waals surface area (Å²) in [5.41, 5.74) is 7.34. The summed E-state index contributed by atoms with van der Waals surface area (Å²) in [7, 11) is 0. The molecule has 1 aromatic rings. The fourth-order valence-electron chi connectivity index (χ4n) is 1.71. The van der Waals surface area contributed by atoms with Gasteiger partial charge in [0.15, 0.2) is 0 Å². The van der Waals surface area contributed by atoms with Gasteiger partial charge in [-0.25, -0.2) is 0 Å². The smallest absolute Gasteiger partial charge is 0.0810 e. The monoisotopic (exact) mass is 285 g/mol. The zero-order valence-corrected chi connectivity index (χ0v) is 11.5. The minimum absolute atomic E-state index is 0.448. The Morgan fingerprint density at radius 3 is 2.62 bits per heavy atom. The van der Waals surface area contributed by atoms with E-state index >= 15 is 0 Å². The molecule has 0 bridgehead atoms. The summed E-state index contributed by atoms with van der Waals surface area (Å²) < 4.78 is 0.958. The first-order valence-corrected chi connectivity index (χ1v) is 6.53. The molecule has 16 heavy (non-hydrogen) atoms. The Balaban J connectivity index is 2.58. The van der Waals surface area contributed by atoms with Gasteiger partial charge in [-0.2, -0.15) is 0 Å². The fourth-order valence-corrected chi connectivity index (χ4v) is 2.09. The quantitative estimate of drug-likeness (QED) is 0.807. The van der Waals surface area contributed by atoms with Crippen molar-refractivity contribution in [2.45, 2.75) is 39.2 Å². The van der Waals surface area contributed by atoms with Gasteiger partial charge in [-0.15, -0.1) is 0 Å². The van der Waals surface area contributed by atoms with Gasteiger partial charge in [-0.3, -0.25) is 0 Å². The second kappa shape index (κ2) is 6.26. The van der Waals surface area contributed by atoms with Crippen LogP contribution in [-0.4, -0.2) is 5.11 Å². The van der Waals surface area contributed by atoms with Crippen LogP contribution in [0.25, 0.3) is 0 Å². The number of hydrogen-bond donors (Lipinski definition) is 2. The highest BCUT2D eigenvalue weighted by Crippen LogP contribution is 2.28. The third kappa shape index (κ3) is 4.14. The normalized spacial score (nSPS) is 13.1. The molecule has 0 saturated carbocycles. The molecule has 0 aliphatic rings. The van der Waals surface area contributed by atoms with Crippen molar-refractivity contribution in [3.05, 3.63) is 28.2 Å². The van der Waals surface area contributed by atoms with Gasteiger partial charge in [0.25, 0.3) is 0 Å². The van der Waals surface area contributed by atoms with Crippen LogP contribution in [0.1, 0.15) is 44.8 Å². The summed E-state index contributed by atoms with van der Waals surface area (Å²) in [4.78, 5) is 0. The van der Waals surface area contributed by atoms with Crippen molar-refractivity contribution in [1.29, 1.82) is 0 Å². The lowest BCUT2D eigenvalue weighted by molar-refractivity contribution is 0.162. The number of nitrogen functional groups attached to an aromatic ring is 1. The topological polar surface area (TPSA) is 46.2 Å². The molecule has 0 aliphatic heterocycles. The Morgan fingerprint density at radius 1 is 1.31 bits per heavy atom. The minimum Gasteiger partial charge on any atom is -0.398 e. The molecular formula is C13H20BrNO. The fraction of sp³-hybridized carbons (Fsp3) is 0.538. The molecule has 1 unspecified atom stereocenters. The number of hydrogen-bond acceptors (Lipinski definition) is 2. The summed E-state index contributed by atoms with van der Waals surface area (Å²) in [6.45, 7) is 4.39. The van der Waals surface area contributed by atoms with E-state index in [1.807, 2.05) is 18.2 Å². The first-order valence-electron chi connectivity index (χ1n) is 5.73. The third-order valence-electron chi connectivity index (χ3n) is 2.67. The van der Waals surface area contributed by atoms with Crippen LogP contribution in [0.5, 0.6) is 0 Å². The van der Waals surface area contributed by atoms with Crippen LogP contribution in [0.3, 0.4) is 0 Å². The maximum absolute atomic E-state index is 10.0. The number of anilines is 1. The molecule has 1 aromatic carbocycles. The zero-order chi connectivity index (χ0) is 12.1. The molecule has 3 N–H and O–H groups in total. The van der Waals surface area contributed by atoms with Crippen LogP contribution in [0.4, 0.5) is 5.69 Å². The van der Waals surface area contributed by atoms with Gasteiger partial charge < -0.3 is 10.8 Å². The van der Waals surface area contributed by atoms with E-state index < -0.39 is 6.10 Å². The SMILES string of the molecule is CC(C)CCCC(O)c1cc(Br)ccc1N. The summed E-state index contributed by atoms with van der Waals surface area (Å²) in [5, 5.41) is 10.0. The third-order valence-corrected chi connectivity index (χ3v) is 3.16. The van der Waals surface area contributed by atoms with Crippen LogP contribution in [0, 0.1) is 5.92 Å². The number of benzene rings is 1. The largest absolute Gasteiger partial charge is 0.398 e. The molecule has 0 aromatic heterocycles. The molecule has 1 rings (SSSR count). The minimum atomic E-state index is -0.448. The molecule has 90 valence electrons. The summed E-state index contributed by atoms with van der Waals surface area (Å²) in [5.74, 6) is 0.687. The molecule has 3 heteroatoms.